The Morgan fingerprint density at radius 2 is 1.83 bits per heavy atom. The molecule has 1 aliphatic heterocycles. The van der Waals surface area contributed by atoms with Crippen molar-refractivity contribution in [1.29, 1.82) is 0 Å². The summed E-state index contributed by atoms with van der Waals surface area (Å²) in [5, 5.41) is 15.0. The van der Waals surface area contributed by atoms with E-state index in [1.54, 1.807) is 30.3 Å². The first-order chi connectivity index (χ1) is 13.7. The topological polar surface area (TPSA) is 85.0 Å². The maximum Gasteiger partial charge on any atom is 0.406 e. The van der Waals surface area contributed by atoms with Crippen molar-refractivity contribution in [3.05, 3.63) is 75.8 Å². The zero-order valence-corrected chi connectivity index (χ0v) is 15.0. The summed E-state index contributed by atoms with van der Waals surface area (Å²) in [5.74, 6) is -0.935. The average Bonchev–Trinajstić information content (AvgIpc) is 3.17. The number of hydrogen-bond donors (Lipinski definition) is 0. The van der Waals surface area contributed by atoms with Gasteiger partial charge in [-0.05, 0) is 5.56 Å². The molecule has 1 aliphatic rings. The highest BCUT2D eigenvalue weighted by molar-refractivity contribution is 6.04. The lowest BCUT2D eigenvalue weighted by Crippen LogP contribution is -2.44. The maximum absolute atomic E-state index is 13.1. The number of oxime groups is 1. The van der Waals surface area contributed by atoms with Crippen molar-refractivity contribution < 1.29 is 27.7 Å². The molecule has 0 saturated heterocycles. The molecule has 0 saturated carbocycles. The van der Waals surface area contributed by atoms with Crippen molar-refractivity contribution in [1.82, 2.24) is 4.90 Å². The van der Waals surface area contributed by atoms with Crippen molar-refractivity contribution in [2.75, 3.05) is 6.54 Å². The number of halogens is 3. The summed E-state index contributed by atoms with van der Waals surface area (Å²) in [5.41, 5.74) is 0.781. The standard InChI is InChI=1S/C19H16F3N3O4/c20-19(21,22)12-24(11-14-8-4-5-9-16(14)25(27)28)18(26)17-10-15(23-29-17)13-6-2-1-3-7-13/h1-9,17H,10-12H2/t17-/m0/s1. The molecule has 152 valence electrons. The molecule has 0 unspecified atom stereocenters. The number of carbonyl (C=O) groups excluding carboxylic acids is 1. The molecule has 0 fully saturated rings. The minimum atomic E-state index is -4.68. The van der Waals surface area contributed by atoms with Gasteiger partial charge in [0.15, 0.2) is 0 Å². The van der Waals surface area contributed by atoms with Crippen molar-refractivity contribution in [3.8, 4) is 0 Å². The Kier molecular flexibility index (Phi) is 5.81. The summed E-state index contributed by atoms with van der Waals surface area (Å²) in [6, 6.07) is 14.2. The van der Waals surface area contributed by atoms with Gasteiger partial charge >= 0.3 is 6.18 Å². The molecule has 2 aromatic carbocycles. The number of rotatable bonds is 6. The first-order valence-electron chi connectivity index (χ1n) is 8.60. The van der Waals surface area contributed by atoms with E-state index in [1.165, 1.54) is 24.3 Å². The minimum Gasteiger partial charge on any atom is -0.382 e. The van der Waals surface area contributed by atoms with E-state index < -0.39 is 36.2 Å². The summed E-state index contributed by atoms with van der Waals surface area (Å²) < 4.78 is 39.2. The van der Waals surface area contributed by atoms with E-state index in [1.807, 2.05) is 0 Å². The second-order valence-electron chi connectivity index (χ2n) is 6.40. The second kappa shape index (κ2) is 8.29. The van der Waals surface area contributed by atoms with E-state index in [-0.39, 0.29) is 17.7 Å². The van der Waals surface area contributed by atoms with Crippen molar-refractivity contribution >= 4 is 17.3 Å². The fourth-order valence-electron chi connectivity index (χ4n) is 2.97. The Balaban J connectivity index is 1.79. The van der Waals surface area contributed by atoms with Crippen LogP contribution in [-0.4, -0.2) is 40.3 Å². The fraction of sp³-hybridized carbons (Fsp3) is 0.263. The number of nitrogens with zero attached hydrogens (tertiary/aromatic N) is 3. The molecule has 10 heteroatoms. The van der Waals surface area contributed by atoms with Crippen molar-refractivity contribution in [3.63, 3.8) is 0 Å². The molecular weight excluding hydrogens is 391 g/mol. The van der Waals surface area contributed by atoms with Crippen LogP contribution in [0, 0.1) is 10.1 Å². The molecule has 0 aliphatic carbocycles. The molecule has 1 amide bonds. The normalized spacial score (nSPS) is 16.1. The molecule has 0 N–H and O–H groups in total. The predicted molar refractivity (Wildman–Crippen MR) is 97.0 cm³/mol. The van der Waals surface area contributed by atoms with Gasteiger partial charge in [-0.1, -0.05) is 53.7 Å². The minimum absolute atomic E-state index is 0.00250. The number of nitro benzene ring substituents is 1. The van der Waals surface area contributed by atoms with E-state index in [9.17, 15) is 28.1 Å². The first kappa shape index (κ1) is 20.3. The van der Waals surface area contributed by atoms with Crippen LogP contribution in [-0.2, 0) is 16.2 Å². The zero-order chi connectivity index (χ0) is 21.0. The molecule has 1 heterocycles. The highest BCUT2D eigenvalue weighted by atomic mass is 19.4. The Labute approximate surface area is 163 Å². The molecule has 0 bridgehead atoms. The molecule has 29 heavy (non-hydrogen) atoms. The van der Waals surface area contributed by atoms with Crippen LogP contribution in [0.25, 0.3) is 0 Å². The number of hydrogen-bond acceptors (Lipinski definition) is 5. The van der Waals surface area contributed by atoms with Gasteiger partial charge in [-0.15, -0.1) is 0 Å². The van der Waals surface area contributed by atoms with Gasteiger partial charge in [-0.25, -0.2) is 0 Å². The van der Waals surface area contributed by atoms with Gasteiger partial charge < -0.3 is 9.74 Å². The number of para-hydroxylation sites is 1. The number of nitro groups is 1. The molecule has 7 nitrogen and oxygen atoms in total. The zero-order valence-electron chi connectivity index (χ0n) is 15.0. The maximum atomic E-state index is 13.1. The second-order valence-corrected chi connectivity index (χ2v) is 6.40. The van der Waals surface area contributed by atoms with Crippen LogP contribution in [0.2, 0.25) is 0 Å². The van der Waals surface area contributed by atoms with Gasteiger partial charge in [0.05, 0.1) is 17.2 Å². The highest BCUT2D eigenvalue weighted by Crippen LogP contribution is 2.26. The number of alkyl halides is 3. The van der Waals surface area contributed by atoms with Crippen LogP contribution in [0.1, 0.15) is 17.5 Å². The molecule has 0 aromatic heterocycles. The number of carbonyl (C=O) groups is 1. The monoisotopic (exact) mass is 407 g/mol. The first-order valence-corrected chi connectivity index (χ1v) is 8.60. The van der Waals surface area contributed by atoms with Gasteiger partial charge in [0.2, 0.25) is 6.10 Å². The highest BCUT2D eigenvalue weighted by Gasteiger charge is 2.39. The Hall–Kier alpha value is -3.43. The molecule has 3 rings (SSSR count). The van der Waals surface area contributed by atoms with Crippen LogP contribution in [0.3, 0.4) is 0 Å². The van der Waals surface area contributed by atoms with Crippen molar-refractivity contribution in [2.45, 2.75) is 25.2 Å². The van der Waals surface area contributed by atoms with Crippen LogP contribution in [0.4, 0.5) is 18.9 Å². The third kappa shape index (κ3) is 5.09. The van der Waals surface area contributed by atoms with E-state index in [0.717, 1.165) is 0 Å². The lowest BCUT2D eigenvalue weighted by Gasteiger charge is -2.25. The summed E-state index contributed by atoms with van der Waals surface area (Å²) in [4.78, 5) is 28.8. The van der Waals surface area contributed by atoms with Crippen LogP contribution < -0.4 is 0 Å². The molecule has 0 spiro atoms. The quantitative estimate of drug-likeness (QED) is 0.540. The van der Waals surface area contributed by atoms with Crippen LogP contribution >= 0.6 is 0 Å². The third-order valence-corrected chi connectivity index (χ3v) is 4.28. The Morgan fingerprint density at radius 3 is 2.48 bits per heavy atom. The molecule has 1 atom stereocenters. The molecule has 2 aromatic rings. The summed E-state index contributed by atoms with van der Waals surface area (Å²) in [6.07, 6.45) is -5.90. The predicted octanol–water partition coefficient (Wildman–Crippen LogP) is 3.68. The third-order valence-electron chi connectivity index (χ3n) is 4.28. The SMILES string of the molecule is O=C([C@@H]1CC(c2ccccc2)=NO1)N(Cc1ccccc1[N+](=O)[O-])CC(F)(F)F. The van der Waals surface area contributed by atoms with Crippen LogP contribution in [0.15, 0.2) is 59.8 Å². The van der Waals surface area contributed by atoms with E-state index in [4.69, 9.17) is 4.84 Å². The van der Waals surface area contributed by atoms with E-state index >= 15 is 0 Å². The fourth-order valence-corrected chi connectivity index (χ4v) is 2.97. The van der Waals surface area contributed by atoms with Gasteiger partial charge in [0.25, 0.3) is 11.6 Å². The van der Waals surface area contributed by atoms with Gasteiger partial charge in [0, 0.05) is 18.1 Å². The van der Waals surface area contributed by atoms with Gasteiger partial charge in [-0.3, -0.25) is 14.9 Å². The number of amides is 1. The number of benzene rings is 2. The van der Waals surface area contributed by atoms with E-state index in [0.29, 0.717) is 16.2 Å². The lowest BCUT2D eigenvalue weighted by molar-refractivity contribution is -0.385. The Bertz CT molecular complexity index is 932. The molecular formula is C19H16F3N3O4. The summed E-state index contributed by atoms with van der Waals surface area (Å²) >= 11 is 0. The van der Waals surface area contributed by atoms with E-state index in [2.05, 4.69) is 5.16 Å². The van der Waals surface area contributed by atoms with Crippen LogP contribution in [0.5, 0.6) is 0 Å². The average molecular weight is 407 g/mol. The van der Waals surface area contributed by atoms with Crippen molar-refractivity contribution in [2.24, 2.45) is 5.16 Å². The van der Waals surface area contributed by atoms with Gasteiger partial charge in [0.1, 0.15) is 6.54 Å². The van der Waals surface area contributed by atoms with Gasteiger partial charge in [-0.2, -0.15) is 13.2 Å². The molecule has 0 radical (unpaired) electrons. The lowest BCUT2D eigenvalue weighted by atomic mass is 10.0. The smallest absolute Gasteiger partial charge is 0.382 e. The summed E-state index contributed by atoms with van der Waals surface area (Å²) in [7, 11) is 0. The Morgan fingerprint density at radius 1 is 1.17 bits per heavy atom. The largest absolute Gasteiger partial charge is 0.406 e. The summed E-state index contributed by atoms with van der Waals surface area (Å²) in [6.45, 7) is -2.13.